The van der Waals surface area contributed by atoms with Crippen LogP contribution in [-0.4, -0.2) is 29.4 Å². The van der Waals surface area contributed by atoms with Crippen LogP contribution in [0.15, 0.2) is 24.3 Å². The molecule has 0 spiro atoms. The van der Waals surface area contributed by atoms with Crippen LogP contribution in [0, 0.1) is 0 Å². The van der Waals surface area contributed by atoms with Crippen molar-refractivity contribution in [2.75, 3.05) is 23.3 Å². The molecular weight excluding hydrogens is 345 g/mol. The van der Waals surface area contributed by atoms with Crippen molar-refractivity contribution in [1.82, 2.24) is 9.97 Å². The summed E-state index contributed by atoms with van der Waals surface area (Å²) in [4.78, 5) is 11.1. The van der Waals surface area contributed by atoms with Crippen molar-refractivity contribution in [3.8, 4) is 5.75 Å². The summed E-state index contributed by atoms with van der Waals surface area (Å²) in [6.45, 7) is 6.02. The minimum atomic E-state index is -4.67. The molecule has 0 amide bonds. The number of nitrogens with one attached hydrogen (secondary N) is 1. The summed E-state index contributed by atoms with van der Waals surface area (Å²) in [5.41, 5.74) is 2.80. The number of benzene rings is 1. The maximum atomic E-state index is 12.4. The summed E-state index contributed by atoms with van der Waals surface area (Å²) in [5.74, 6) is 1.25. The van der Waals surface area contributed by atoms with Gasteiger partial charge in [-0.25, -0.2) is 4.98 Å². The van der Waals surface area contributed by atoms with Crippen LogP contribution in [0.2, 0.25) is 0 Å². The van der Waals surface area contributed by atoms with Crippen molar-refractivity contribution in [3.63, 3.8) is 0 Å². The fourth-order valence-corrected chi connectivity index (χ4v) is 2.99. The van der Waals surface area contributed by atoms with E-state index in [4.69, 9.17) is 0 Å². The molecule has 0 atom stereocenters. The highest BCUT2D eigenvalue weighted by molar-refractivity contribution is 5.49. The summed E-state index contributed by atoms with van der Waals surface area (Å²) < 4.78 is 41.1. The topological polar surface area (TPSA) is 50.3 Å². The highest BCUT2D eigenvalue weighted by Crippen LogP contribution is 2.29. The highest BCUT2D eigenvalue weighted by atomic mass is 19.4. The Morgan fingerprint density at radius 2 is 1.96 bits per heavy atom. The third-order valence-electron chi connectivity index (χ3n) is 4.21. The van der Waals surface area contributed by atoms with Gasteiger partial charge in [-0.05, 0) is 43.0 Å². The summed E-state index contributed by atoms with van der Waals surface area (Å²) >= 11 is 0. The number of ether oxygens (including phenoxy) is 1. The zero-order valence-corrected chi connectivity index (χ0v) is 14.7. The van der Waals surface area contributed by atoms with Crippen molar-refractivity contribution in [3.05, 3.63) is 41.1 Å². The van der Waals surface area contributed by atoms with Gasteiger partial charge in [-0.1, -0.05) is 13.0 Å². The first-order valence-corrected chi connectivity index (χ1v) is 8.62. The maximum absolute atomic E-state index is 12.4. The zero-order valence-electron chi connectivity index (χ0n) is 14.7. The summed E-state index contributed by atoms with van der Waals surface area (Å²) in [6.07, 6.45) is -3.24. The molecule has 0 bridgehead atoms. The second-order valence-electron chi connectivity index (χ2n) is 6.07. The number of fused-ring (bicyclic) bond motifs is 1. The standard InChI is InChI=1S/C18H21F3N4O/c1-3-14-10-16(24-17(23-14)22-4-2)25-8-7-12-9-15(26-18(19,20)21)6-5-13(12)11-25/h5-6,9-10H,3-4,7-8,11H2,1-2H3,(H,22,23,24). The first-order valence-electron chi connectivity index (χ1n) is 8.62. The molecule has 0 aliphatic carbocycles. The Balaban J connectivity index is 1.81. The average Bonchev–Trinajstić information content (AvgIpc) is 2.60. The van der Waals surface area contributed by atoms with Gasteiger partial charge >= 0.3 is 6.36 Å². The lowest BCUT2D eigenvalue weighted by atomic mass is 9.99. The van der Waals surface area contributed by atoms with Gasteiger partial charge in [0.25, 0.3) is 0 Å². The van der Waals surface area contributed by atoms with Crippen LogP contribution in [0.25, 0.3) is 0 Å². The number of alkyl halides is 3. The lowest BCUT2D eigenvalue weighted by Gasteiger charge is -2.30. The Labute approximate surface area is 150 Å². The first-order chi connectivity index (χ1) is 12.4. The Kier molecular flexibility index (Phi) is 5.20. The molecule has 3 rings (SSSR count). The van der Waals surface area contributed by atoms with Gasteiger partial charge in [0.1, 0.15) is 11.6 Å². The van der Waals surface area contributed by atoms with E-state index in [1.165, 1.54) is 12.1 Å². The van der Waals surface area contributed by atoms with E-state index in [0.717, 1.165) is 35.6 Å². The van der Waals surface area contributed by atoms with Gasteiger partial charge < -0.3 is 15.0 Å². The second kappa shape index (κ2) is 7.39. The molecule has 2 heterocycles. The zero-order chi connectivity index (χ0) is 18.7. The molecule has 0 saturated carbocycles. The number of rotatable bonds is 5. The monoisotopic (exact) mass is 366 g/mol. The lowest BCUT2D eigenvalue weighted by Crippen LogP contribution is -2.31. The van der Waals surface area contributed by atoms with Gasteiger partial charge in [-0.2, -0.15) is 4.98 Å². The van der Waals surface area contributed by atoms with Crippen LogP contribution in [-0.2, 0) is 19.4 Å². The molecule has 140 valence electrons. The summed E-state index contributed by atoms with van der Waals surface area (Å²) in [7, 11) is 0. The number of anilines is 2. The minimum absolute atomic E-state index is 0.172. The van der Waals surface area contributed by atoms with Crippen LogP contribution in [0.4, 0.5) is 24.9 Å². The van der Waals surface area contributed by atoms with Gasteiger partial charge in [-0.3, -0.25) is 0 Å². The highest BCUT2D eigenvalue weighted by Gasteiger charge is 2.31. The van der Waals surface area contributed by atoms with Gasteiger partial charge in [0.2, 0.25) is 5.95 Å². The van der Waals surface area contributed by atoms with Gasteiger partial charge in [0, 0.05) is 31.4 Å². The average molecular weight is 366 g/mol. The van der Waals surface area contributed by atoms with Gasteiger partial charge in [-0.15, -0.1) is 13.2 Å². The maximum Gasteiger partial charge on any atom is 0.573 e. The fraction of sp³-hybridized carbons (Fsp3) is 0.444. The molecule has 0 unspecified atom stereocenters. The first kappa shape index (κ1) is 18.3. The normalized spacial score (nSPS) is 14.1. The molecule has 5 nitrogen and oxygen atoms in total. The largest absolute Gasteiger partial charge is 0.573 e. The molecule has 1 aliphatic heterocycles. The van der Waals surface area contributed by atoms with Crippen molar-refractivity contribution in [2.24, 2.45) is 0 Å². The number of nitrogens with zero attached hydrogens (tertiary/aromatic N) is 3. The van der Waals surface area contributed by atoms with E-state index in [1.54, 1.807) is 6.07 Å². The molecular formula is C18H21F3N4O. The minimum Gasteiger partial charge on any atom is -0.406 e. The third kappa shape index (κ3) is 4.36. The van der Waals surface area contributed by atoms with Gasteiger partial charge in [0.15, 0.2) is 0 Å². The van der Waals surface area contributed by atoms with E-state index >= 15 is 0 Å². The van der Waals surface area contributed by atoms with Crippen LogP contribution in [0.1, 0.15) is 30.7 Å². The summed E-state index contributed by atoms with van der Waals surface area (Å²) in [5, 5.41) is 3.14. The molecule has 8 heteroatoms. The van der Waals surface area contributed by atoms with Crippen molar-refractivity contribution in [1.29, 1.82) is 0 Å². The molecule has 0 fully saturated rings. The number of aromatic nitrogens is 2. The molecule has 1 N–H and O–H groups in total. The van der Waals surface area contributed by atoms with Crippen molar-refractivity contribution in [2.45, 2.75) is 39.6 Å². The van der Waals surface area contributed by atoms with Crippen LogP contribution in [0.5, 0.6) is 5.75 Å². The smallest absolute Gasteiger partial charge is 0.406 e. The quantitative estimate of drug-likeness (QED) is 0.869. The van der Waals surface area contributed by atoms with E-state index in [9.17, 15) is 13.2 Å². The molecule has 1 aromatic heterocycles. The van der Waals surface area contributed by atoms with Crippen LogP contribution >= 0.6 is 0 Å². The SMILES string of the molecule is CCNc1nc(CC)cc(N2CCc3cc(OC(F)(F)F)ccc3C2)n1. The number of aryl methyl sites for hydroxylation is 1. The van der Waals surface area contributed by atoms with E-state index in [0.29, 0.717) is 25.5 Å². The Morgan fingerprint density at radius 1 is 1.15 bits per heavy atom. The van der Waals surface area contributed by atoms with Crippen molar-refractivity contribution >= 4 is 11.8 Å². The molecule has 1 aliphatic rings. The number of hydrogen-bond donors (Lipinski definition) is 1. The van der Waals surface area contributed by atoms with E-state index in [2.05, 4.69) is 24.9 Å². The molecule has 0 radical (unpaired) electrons. The van der Waals surface area contributed by atoms with E-state index in [1.807, 2.05) is 19.9 Å². The van der Waals surface area contributed by atoms with E-state index < -0.39 is 6.36 Å². The van der Waals surface area contributed by atoms with Gasteiger partial charge in [0.05, 0.1) is 0 Å². The Hall–Kier alpha value is -2.51. The van der Waals surface area contributed by atoms with Crippen LogP contribution in [0.3, 0.4) is 0 Å². The molecule has 1 aromatic carbocycles. The second-order valence-corrected chi connectivity index (χ2v) is 6.07. The summed E-state index contributed by atoms with van der Waals surface area (Å²) in [6, 6.07) is 6.49. The predicted molar refractivity (Wildman–Crippen MR) is 93.5 cm³/mol. The third-order valence-corrected chi connectivity index (χ3v) is 4.21. The molecule has 26 heavy (non-hydrogen) atoms. The molecule has 0 saturated heterocycles. The molecule has 2 aromatic rings. The predicted octanol–water partition coefficient (Wildman–Crippen LogP) is 3.93. The van der Waals surface area contributed by atoms with Crippen LogP contribution < -0.4 is 15.0 Å². The Bertz CT molecular complexity index is 780. The number of halogens is 3. The van der Waals surface area contributed by atoms with E-state index in [-0.39, 0.29) is 5.75 Å². The number of hydrogen-bond acceptors (Lipinski definition) is 5. The lowest BCUT2D eigenvalue weighted by molar-refractivity contribution is -0.274. The fourth-order valence-electron chi connectivity index (χ4n) is 2.99. The Morgan fingerprint density at radius 3 is 2.65 bits per heavy atom. The van der Waals surface area contributed by atoms with Crippen molar-refractivity contribution < 1.29 is 17.9 Å².